The maximum Gasteiger partial charge on any atom is 0.185 e. The highest BCUT2D eigenvalue weighted by Gasteiger charge is 2.76. The molecule has 1 aromatic rings. The highest BCUT2D eigenvalue weighted by atomic mass is 19.1. The molecule has 0 spiro atoms. The molecule has 6 rings (SSSR count). The van der Waals surface area contributed by atoms with E-state index in [0.29, 0.717) is 17.6 Å². The number of aliphatic hydroxyl groups excluding tert-OH is 1. The smallest absolute Gasteiger partial charge is 0.185 e. The van der Waals surface area contributed by atoms with Gasteiger partial charge in [-0.25, -0.2) is 8.78 Å². The van der Waals surface area contributed by atoms with E-state index in [9.17, 15) is 19.1 Å². The fraction of sp³-hybridized carbons (Fsp3) is 0.571. The first kappa shape index (κ1) is 24.1. The molecule has 5 aliphatic rings. The third-order valence-electron chi connectivity index (χ3n) is 9.94. The summed E-state index contributed by atoms with van der Waals surface area (Å²) in [6.07, 6.45) is 1.59. The topological polar surface area (TPSA) is 98.9 Å². The number of aliphatic hydroxyl groups is 1. The Labute approximate surface area is 208 Å². The van der Waals surface area contributed by atoms with Crippen LogP contribution in [0.5, 0.6) is 0 Å². The standard InChI is InChI=1S/C28H31F2NO5/c1-26-7-6-16(32)9-19(26)20(30)10-17-18-11-23-28(22(34)13-31,27(18,2)12-21(33)24(17)26)36-25(35-23)14-4-3-5-15(29)8-14/h3-9,17-18,20-21,23-25,33H,10-13,31H2,1-2H3/t17-,18-,20-,21-,23+,24?,25+,26-,27-,28+/m0/s1. The van der Waals surface area contributed by atoms with E-state index in [1.54, 1.807) is 18.2 Å². The second-order valence-corrected chi connectivity index (χ2v) is 11.5. The van der Waals surface area contributed by atoms with E-state index in [2.05, 4.69) is 0 Å². The second kappa shape index (κ2) is 7.87. The molecule has 0 aromatic heterocycles. The van der Waals surface area contributed by atoms with Gasteiger partial charge in [0, 0.05) is 22.3 Å². The molecule has 6 nitrogen and oxygen atoms in total. The Bertz CT molecular complexity index is 1200. The Morgan fingerprint density at radius 2 is 2.06 bits per heavy atom. The van der Waals surface area contributed by atoms with Crippen LogP contribution in [0.1, 0.15) is 45.0 Å². The zero-order chi connectivity index (χ0) is 25.6. The molecule has 1 heterocycles. The van der Waals surface area contributed by atoms with Gasteiger partial charge in [-0.2, -0.15) is 0 Å². The zero-order valence-corrected chi connectivity index (χ0v) is 20.3. The summed E-state index contributed by atoms with van der Waals surface area (Å²) in [6.45, 7) is 3.53. The minimum absolute atomic E-state index is 0.150. The summed E-state index contributed by atoms with van der Waals surface area (Å²) in [4.78, 5) is 25.6. The van der Waals surface area contributed by atoms with Crippen LogP contribution in [-0.4, -0.2) is 47.2 Å². The summed E-state index contributed by atoms with van der Waals surface area (Å²) in [5.74, 6) is -1.77. The molecular weight excluding hydrogens is 468 g/mol. The number of fused-ring (bicyclic) bond motifs is 7. The Hall–Kier alpha value is -2.26. The number of hydrogen-bond donors (Lipinski definition) is 2. The van der Waals surface area contributed by atoms with Gasteiger partial charge in [-0.3, -0.25) is 9.59 Å². The molecule has 0 amide bonds. The van der Waals surface area contributed by atoms with Crippen molar-refractivity contribution in [3.05, 3.63) is 59.4 Å². The summed E-state index contributed by atoms with van der Waals surface area (Å²) in [7, 11) is 0. The number of hydrogen-bond acceptors (Lipinski definition) is 6. The molecule has 4 fully saturated rings. The molecule has 1 unspecified atom stereocenters. The van der Waals surface area contributed by atoms with Gasteiger partial charge in [0.05, 0.1) is 18.8 Å². The number of allylic oxidation sites excluding steroid dienone is 4. The summed E-state index contributed by atoms with van der Waals surface area (Å²) >= 11 is 0. The lowest BCUT2D eigenvalue weighted by atomic mass is 9.46. The lowest BCUT2D eigenvalue weighted by Gasteiger charge is -2.60. The average Bonchev–Trinajstić information content (AvgIpc) is 3.33. The van der Waals surface area contributed by atoms with Gasteiger partial charge in [-0.05, 0) is 61.0 Å². The molecule has 10 atom stereocenters. The van der Waals surface area contributed by atoms with Gasteiger partial charge in [-0.15, -0.1) is 0 Å². The lowest BCUT2D eigenvalue weighted by Crippen LogP contribution is -2.64. The predicted molar refractivity (Wildman–Crippen MR) is 126 cm³/mol. The van der Waals surface area contributed by atoms with E-state index < -0.39 is 46.9 Å². The van der Waals surface area contributed by atoms with Crippen molar-refractivity contribution in [2.75, 3.05) is 6.54 Å². The fourth-order valence-electron chi connectivity index (χ4n) is 8.53. The van der Waals surface area contributed by atoms with Gasteiger partial charge in [0.2, 0.25) is 0 Å². The third-order valence-corrected chi connectivity index (χ3v) is 9.94. The number of carbonyl (C=O) groups excluding carboxylic acids is 2. The van der Waals surface area contributed by atoms with Crippen molar-refractivity contribution in [2.45, 2.75) is 63.4 Å². The normalized spacial score (nSPS) is 47.0. The monoisotopic (exact) mass is 499 g/mol. The highest BCUT2D eigenvalue weighted by molar-refractivity contribution is 6.01. The molecule has 8 heteroatoms. The van der Waals surface area contributed by atoms with Crippen LogP contribution in [0.15, 0.2) is 48.1 Å². The number of benzene rings is 1. The first-order valence-corrected chi connectivity index (χ1v) is 12.6. The van der Waals surface area contributed by atoms with Crippen LogP contribution in [0.2, 0.25) is 0 Å². The van der Waals surface area contributed by atoms with E-state index >= 15 is 4.39 Å². The molecule has 4 aliphatic carbocycles. The molecular formula is C28H31F2NO5. The largest absolute Gasteiger partial charge is 0.393 e. The number of halogens is 2. The van der Waals surface area contributed by atoms with Gasteiger partial charge < -0.3 is 20.3 Å². The maximum absolute atomic E-state index is 15.6. The Balaban J connectivity index is 1.42. The molecule has 36 heavy (non-hydrogen) atoms. The van der Waals surface area contributed by atoms with Crippen molar-refractivity contribution < 1.29 is 33.0 Å². The SMILES string of the molecule is C[C@]12C=CC(=O)C=C1[C@@H](F)C[C@@H]1C2[C@@H](O)C[C@@]2(C)[C@H]1C[C@H]1O[C@@H](c3cccc(F)c3)O[C@]12C(=O)CN. The maximum atomic E-state index is 15.6. The van der Waals surface area contributed by atoms with E-state index in [1.165, 1.54) is 24.3 Å². The number of nitrogens with two attached hydrogens (primary N) is 1. The van der Waals surface area contributed by atoms with Crippen molar-refractivity contribution >= 4 is 11.6 Å². The van der Waals surface area contributed by atoms with E-state index in [1.807, 2.05) is 13.8 Å². The Kier molecular flexibility index (Phi) is 5.27. The minimum Gasteiger partial charge on any atom is -0.393 e. The van der Waals surface area contributed by atoms with Crippen molar-refractivity contribution in [1.82, 2.24) is 0 Å². The van der Waals surface area contributed by atoms with E-state index in [0.717, 1.165) is 0 Å². The first-order chi connectivity index (χ1) is 17.0. The van der Waals surface area contributed by atoms with Crippen LogP contribution < -0.4 is 5.73 Å². The minimum atomic E-state index is -1.43. The van der Waals surface area contributed by atoms with E-state index in [-0.39, 0.29) is 48.7 Å². The van der Waals surface area contributed by atoms with Crippen molar-refractivity contribution in [1.29, 1.82) is 0 Å². The number of ether oxygens (including phenoxy) is 2. The molecule has 192 valence electrons. The van der Waals surface area contributed by atoms with Gasteiger partial charge in [0.1, 0.15) is 12.0 Å². The van der Waals surface area contributed by atoms with Crippen molar-refractivity contribution in [3.8, 4) is 0 Å². The number of alkyl halides is 1. The summed E-state index contributed by atoms with van der Waals surface area (Å²) in [6, 6.07) is 5.88. The van der Waals surface area contributed by atoms with Crippen molar-refractivity contribution in [3.63, 3.8) is 0 Å². The molecule has 1 saturated heterocycles. The molecule has 0 bridgehead atoms. The molecule has 0 radical (unpaired) electrons. The zero-order valence-electron chi connectivity index (χ0n) is 20.3. The quantitative estimate of drug-likeness (QED) is 0.662. The molecule has 1 aliphatic heterocycles. The van der Waals surface area contributed by atoms with Crippen LogP contribution >= 0.6 is 0 Å². The molecule has 3 saturated carbocycles. The Morgan fingerprint density at radius 3 is 2.78 bits per heavy atom. The van der Waals surface area contributed by atoms with Gasteiger partial charge in [-0.1, -0.05) is 32.1 Å². The Morgan fingerprint density at radius 1 is 1.28 bits per heavy atom. The first-order valence-electron chi connectivity index (χ1n) is 12.6. The van der Waals surface area contributed by atoms with Gasteiger partial charge in [0.25, 0.3) is 0 Å². The summed E-state index contributed by atoms with van der Waals surface area (Å²) in [5.41, 5.74) is 3.66. The number of rotatable bonds is 3. The van der Waals surface area contributed by atoms with E-state index in [4.69, 9.17) is 15.2 Å². The fourth-order valence-corrected chi connectivity index (χ4v) is 8.53. The highest BCUT2D eigenvalue weighted by Crippen LogP contribution is 2.70. The lowest BCUT2D eigenvalue weighted by molar-refractivity contribution is -0.201. The molecule has 1 aromatic carbocycles. The summed E-state index contributed by atoms with van der Waals surface area (Å²) in [5, 5.41) is 11.6. The van der Waals surface area contributed by atoms with Gasteiger partial charge >= 0.3 is 0 Å². The number of Topliss-reactive ketones (excluding diaryl/α,β-unsaturated/α-hetero) is 1. The van der Waals surface area contributed by atoms with Crippen LogP contribution in [0.4, 0.5) is 8.78 Å². The van der Waals surface area contributed by atoms with Crippen molar-refractivity contribution in [2.24, 2.45) is 34.3 Å². The van der Waals surface area contributed by atoms with Crippen LogP contribution in [0, 0.1) is 34.4 Å². The summed E-state index contributed by atoms with van der Waals surface area (Å²) < 4.78 is 42.3. The number of ketones is 2. The average molecular weight is 500 g/mol. The third kappa shape index (κ3) is 2.96. The second-order valence-electron chi connectivity index (χ2n) is 11.5. The predicted octanol–water partition coefficient (Wildman–Crippen LogP) is 3.34. The van der Waals surface area contributed by atoms with Crippen LogP contribution in [-0.2, 0) is 19.1 Å². The molecule has 3 N–H and O–H groups in total. The van der Waals surface area contributed by atoms with Crippen LogP contribution in [0.25, 0.3) is 0 Å². The number of carbonyl (C=O) groups is 2. The van der Waals surface area contributed by atoms with Crippen LogP contribution in [0.3, 0.4) is 0 Å². The van der Waals surface area contributed by atoms with Gasteiger partial charge in [0.15, 0.2) is 23.5 Å².